The van der Waals surface area contributed by atoms with Gasteiger partial charge in [0.1, 0.15) is 0 Å². The van der Waals surface area contributed by atoms with Gasteiger partial charge in [0.25, 0.3) is 0 Å². The van der Waals surface area contributed by atoms with Gasteiger partial charge in [-0.05, 0) is 30.3 Å². The molecule has 0 bridgehead atoms. The Kier molecular flexibility index (Phi) is 7.67. The Hall–Kier alpha value is -3.44. The van der Waals surface area contributed by atoms with Gasteiger partial charge in [0.15, 0.2) is 0 Å². The van der Waals surface area contributed by atoms with Crippen LogP contribution in [-0.2, 0) is 24.3 Å². The lowest BCUT2D eigenvalue weighted by atomic mass is 10.1. The number of carbonyl (C=O) groups is 3. The van der Waals surface area contributed by atoms with Crippen LogP contribution in [0.2, 0.25) is 0 Å². The number of nitrogens with zero attached hydrogens (tertiary/aromatic N) is 2. The first-order valence-corrected chi connectivity index (χ1v) is 11.6. The minimum absolute atomic E-state index is 0.101. The minimum Gasteiger partial charge on any atom is -0.465 e. The summed E-state index contributed by atoms with van der Waals surface area (Å²) in [5.74, 6) is -1.51. The molecular weight excluding hydrogens is 450 g/mol. The van der Waals surface area contributed by atoms with Gasteiger partial charge in [-0.3, -0.25) is 4.79 Å². The van der Waals surface area contributed by atoms with Gasteiger partial charge in [-0.15, -0.1) is 0 Å². The molecule has 0 radical (unpaired) electrons. The second-order valence-corrected chi connectivity index (χ2v) is 9.17. The average molecular weight is 476 g/mol. The molecule has 1 saturated heterocycles. The van der Waals surface area contributed by atoms with Gasteiger partial charge in [0, 0.05) is 31.9 Å². The average Bonchev–Trinajstić information content (AvgIpc) is 2.86. The SMILES string of the molecule is COC(=O)c1cc(NCC(=O)N2CCN(S(=O)(=O)c3ccccc3)CC2)cc(C(=O)OC)c1. The molecule has 0 aliphatic carbocycles. The zero-order chi connectivity index (χ0) is 24.0. The van der Waals surface area contributed by atoms with Crippen molar-refractivity contribution in [2.24, 2.45) is 0 Å². The van der Waals surface area contributed by atoms with Crippen LogP contribution in [0.3, 0.4) is 0 Å². The number of hydrogen-bond donors (Lipinski definition) is 1. The molecule has 3 rings (SSSR count). The smallest absolute Gasteiger partial charge is 0.337 e. The van der Waals surface area contributed by atoms with E-state index in [1.807, 2.05) is 0 Å². The van der Waals surface area contributed by atoms with Crippen molar-refractivity contribution in [3.05, 3.63) is 59.7 Å². The minimum atomic E-state index is -3.61. The maximum atomic E-state index is 12.7. The van der Waals surface area contributed by atoms with Crippen LogP contribution in [0.5, 0.6) is 0 Å². The van der Waals surface area contributed by atoms with Crippen LogP contribution in [0, 0.1) is 0 Å². The van der Waals surface area contributed by atoms with Crippen LogP contribution >= 0.6 is 0 Å². The quantitative estimate of drug-likeness (QED) is 0.593. The van der Waals surface area contributed by atoms with Crippen molar-refractivity contribution in [3.8, 4) is 0 Å². The Balaban J connectivity index is 1.62. The van der Waals surface area contributed by atoms with E-state index in [2.05, 4.69) is 5.32 Å². The fourth-order valence-corrected chi connectivity index (χ4v) is 4.85. The van der Waals surface area contributed by atoms with Gasteiger partial charge in [-0.2, -0.15) is 4.31 Å². The van der Waals surface area contributed by atoms with E-state index in [0.29, 0.717) is 5.69 Å². The number of methoxy groups -OCH3 is 2. The molecule has 1 amide bonds. The van der Waals surface area contributed by atoms with Crippen molar-refractivity contribution in [3.63, 3.8) is 0 Å². The highest BCUT2D eigenvalue weighted by atomic mass is 32.2. The normalized spacial score (nSPS) is 14.4. The summed E-state index contributed by atoms with van der Waals surface area (Å²) in [4.78, 5) is 38.2. The molecule has 176 valence electrons. The maximum Gasteiger partial charge on any atom is 0.337 e. The molecule has 10 nitrogen and oxygen atoms in total. The van der Waals surface area contributed by atoms with Crippen molar-refractivity contribution in [1.82, 2.24) is 9.21 Å². The van der Waals surface area contributed by atoms with Crippen molar-refractivity contribution in [1.29, 1.82) is 0 Å². The predicted octanol–water partition coefficient (Wildman–Crippen LogP) is 1.20. The van der Waals surface area contributed by atoms with Crippen molar-refractivity contribution < 1.29 is 32.3 Å². The highest BCUT2D eigenvalue weighted by Gasteiger charge is 2.29. The van der Waals surface area contributed by atoms with Crippen LogP contribution in [-0.4, -0.2) is 82.4 Å². The third kappa shape index (κ3) is 5.68. The molecule has 0 spiro atoms. The molecule has 33 heavy (non-hydrogen) atoms. The fraction of sp³-hybridized carbons (Fsp3) is 0.318. The van der Waals surface area contributed by atoms with E-state index in [9.17, 15) is 22.8 Å². The standard InChI is InChI=1S/C22H25N3O7S/c1-31-21(27)16-12-17(22(28)32-2)14-18(13-16)23-15-20(26)24-8-10-25(11-9-24)33(29,30)19-6-4-3-5-7-19/h3-7,12-14,23H,8-11,15H2,1-2H3. The second-order valence-electron chi connectivity index (χ2n) is 7.23. The molecule has 0 unspecified atom stereocenters. The number of sulfonamides is 1. The van der Waals surface area contributed by atoms with Crippen LogP contribution in [0.25, 0.3) is 0 Å². The highest BCUT2D eigenvalue weighted by molar-refractivity contribution is 7.89. The van der Waals surface area contributed by atoms with Crippen LogP contribution < -0.4 is 5.32 Å². The van der Waals surface area contributed by atoms with Crippen molar-refractivity contribution >= 4 is 33.6 Å². The summed E-state index contributed by atoms with van der Waals surface area (Å²) in [6, 6.07) is 12.4. The van der Waals surface area contributed by atoms with Crippen LogP contribution in [0.4, 0.5) is 5.69 Å². The second kappa shape index (κ2) is 10.5. The molecule has 11 heteroatoms. The molecule has 2 aromatic carbocycles. The first-order valence-electron chi connectivity index (χ1n) is 10.1. The van der Waals surface area contributed by atoms with Crippen molar-refractivity contribution in [2.75, 3.05) is 52.3 Å². The number of esters is 2. The predicted molar refractivity (Wildman–Crippen MR) is 119 cm³/mol. The van der Waals surface area contributed by atoms with E-state index >= 15 is 0 Å². The molecule has 2 aromatic rings. The highest BCUT2D eigenvalue weighted by Crippen LogP contribution is 2.19. The Labute approximate surface area is 192 Å². The molecule has 1 aliphatic heterocycles. The topological polar surface area (TPSA) is 122 Å². The van der Waals surface area contributed by atoms with Crippen molar-refractivity contribution in [2.45, 2.75) is 4.90 Å². The molecular formula is C22H25N3O7S. The summed E-state index contributed by atoms with van der Waals surface area (Å²) >= 11 is 0. The van der Waals surface area contributed by atoms with Gasteiger partial charge in [0.2, 0.25) is 15.9 Å². The summed E-state index contributed by atoms with van der Waals surface area (Å²) in [6.07, 6.45) is 0. The Bertz CT molecular complexity index is 1090. The van der Waals surface area contributed by atoms with Gasteiger partial charge in [-0.1, -0.05) is 18.2 Å². The summed E-state index contributed by atoms with van der Waals surface area (Å²) in [6.45, 7) is 0.779. The maximum absolute atomic E-state index is 12.7. The van der Waals surface area contributed by atoms with E-state index in [-0.39, 0.29) is 54.7 Å². The number of hydrogen-bond acceptors (Lipinski definition) is 8. The lowest BCUT2D eigenvalue weighted by Gasteiger charge is -2.34. The first kappa shape index (κ1) is 24.2. The summed E-state index contributed by atoms with van der Waals surface area (Å²) in [5, 5.41) is 2.91. The lowest BCUT2D eigenvalue weighted by molar-refractivity contribution is -0.130. The Morgan fingerprint density at radius 3 is 1.94 bits per heavy atom. The van der Waals surface area contributed by atoms with E-state index in [1.54, 1.807) is 35.2 Å². The molecule has 0 atom stereocenters. The van der Waals surface area contributed by atoms with E-state index in [0.717, 1.165) is 0 Å². The summed E-state index contributed by atoms with van der Waals surface area (Å²) in [5.41, 5.74) is 0.641. The van der Waals surface area contributed by atoms with E-state index < -0.39 is 22.0 Å². The summed E-state index contributed by atoms with van der Waals surface area (Å²) in [7, 11) is -1.16. The number of nitrogens with one attached hydrogen (secondary N) is 1. The molecule has 1 heterocycles. The van der Waals surface area contributed by atoms with Gasteiger partial charge in [-0.25, -0.2) is 18.0 Å². The third-order valence-corrected chi connectivity index (χ3v) is 7.10. The molecule has 0 saturated carbocycles. The Morgan fingerprint density at radius 1 is 0.879 bits per heavy atom. The molecule has 1 fully saturated rings. The summed E-state index contributed by atoms with van der Waals surface area (Å²) < 4.78 is 36.2. The van der Waals surface area contributed by atoms with Crippen LogP contribution in [0.1, 0.15) is 20.7 Å². The van der Waals surface area contributed by atoms with E-state index in [1.165, 1.54) is 36.7 Å². The number of ether oxygens (including phenoxy) is 2. The largest absolute Gasteiger partial charge is 0.465 e. The number of benzene rings is 2. The zero-order valence-electron chi connectivity index (χ0n) is 18.3. The van der Waals surface area contributed by atoms with Gasteiger partial charge < -0.3 is 19.7 Å². The number of amides is 1. The third-order valence-electron chi connectivity index (χ3n) is 5.19. The number of rotatable bonds is 7. The van der Waals surface area contributed by atoms with Crippen LogP contribution in [0.15, 0.2) is 53.4 Å². The number of anilines is 1. The monoisotopic (exact) mass is 475 g/mol. The first-order chi connectivity index (χ1) is 15.8. The molecule has 1 N–H and O–H groups in total. The Morgan fingerprint density at radius 2 is 1.42 bits per heavy atom. The molecule has 0 aromatic heterocycles. The lowest BCUT2D eigenvalue weighted by Crippen LogP contribution is -2.51. The zero-order valence-corrected chi connectivity index (χ0v) is 19.1. The van der Waals surface area contributed by atoms with E-state index in [4.69, 9.17) is 9.47 Å². The van der Waals surface area contributed by atoms with Gasteiger partial charge in [0.05, 0.1) is 36.8 Å². The number of carbonyl (C=O) groups excluding carboxylic acids is 3. The van der Waals surface area contributed by atoms with Gasteiger partial charge >= 0.3 is 11.9 Å². The number of piperazine rings is 1. The molecule has 1 aliphatic rings. The fourth-order valence-electron chi connectivity index (χ4n) is 3.41.